The maximum atomic E-state index is 4.73. The fourth-order valence-electron chi connectivity index (χ4n) is 2.02. The molecule has 0 saturated carbocycles. The molecule has 2 aromatic rings. The number of nitrogens with zero attached hydrogens (tertiary/aromatic N) is 1. The number of halogens is 1. The summed E-state index contributed by atoms with van der Waals surface area (Å²) in [5.74, 6) is 0. The lowest BCUT2D eigenvalue weighted by Crippen LogP contribution is -2.09. The Bertz CT molecular complexity index is 549. The zero-order valence-electron chi connectivity index (χ0n) is 11.9. The van der Waals surface area contributed by atoms with Crippen molar-refractivity contribution in [1.82, 2.24) is 10.3 Å². The maximum absolute atomic E-state index is 4.73. The van der Waals surface area contributed by atoms with Gasteiger partial charge in [-0.25, -0.2) is 4.98 Å². The summed E-state index contributed by atoms with van der Waals surface area (Å²) < 4.78 is 0. The van der Waals surface area contributed by atoms with Crippen molar-refractivity contribution >= 4 is 23.7 Å². The predicted molar refractivity (Wildman–Crippen MR) is 86.6 cm³/mol. The monoisotopic (exact) mass is 296 g/mol. The van der Waals surface area contributed by atoms with Crippen molar-refractivity contribution in [3.8, 4) is 11.3 Å². The van der Waals surface area contributed by atoms with Gasteiger partial charge in [0.25, 0.3) is 0 Å². The van der Waals surface area contributed by atoms with E-state index in [4.69, 9.17) is 4.98 Å². The van der Waals surface area contributed by atoms with E-state index in [1.165, 1.54) is 27.3 Å². The van der Waals surface area contributed by atoms with Gasteiger partial charge in [0, 0.05) is 23.9 Å². The molecule has 0 aliphatic rings. The minimum absolute atomic E-state index is 0. The molecule has 0 fully saturated rings. The molecule has 1 aromatic carbocycles. The molecule has 0 aliphatic heterocycles. The van der Waals surface area contributed by atoms with Crippen LogP contribution in [-0.2, 0) is 6.42 Å². The van der Waals surface area contributed by atoms with Gasteiger partial charge in [0.05, 0.1) is 10.7 Å². The van der Waals surface area contributed by atoms with Crippen LogP contribution in [0.15, 0.2) is 17.5 Å². The Labute approximate surface area is 125 Å². The van der Waals surface area contributed by atoms with Crippen LogP contribution in [0.2, 0.25) is 0 Å². The minimum atomic E-state index is 0. The smallest absolute Gasteiger partial charge is 0.0945 e. The fraction of sp³-hybridized carbons (Fsp3) is 0.400. The number of rotatable bonds is 4. The standard InChI is InChI=1S/C15H20N2S.ClH/c1-10-7-12(3)13(8-11(10)2)14-9-18-15(17-14)5-6-16-4;/h7-9,16H,5-6H2,1-4H3;1H. The fourth-order valence-corrected chi connectivity index (χ4v) is 2.82. The van der Waals surface area contributed by atoms with E-state index in [0.717, 1.165) is 18.7 Å². The SMILES string of the molecule is CNCCc1nc(-c2cc(C)c(C)cc2C)cs1.Cl. The first-order chi connectivity index (χ1) is 8.61. The van der Waals surface area contributed by atoms with Crippen LogP contribution in [0.4, 0.5) is 0 Å². The molecule has 19 heavy (non-hydrogen) atoms. The first-order valence-corrected chi connectivity index (χ1v) is 7.17. The molecule has 1 aromatic heterocycles. The van der Waals surface area contributed by atoms with Crippen molar-refractivity contribution in [1.29, 1.82) is 0 Å². The molecule has 4 heteroatoms. The molecular weight excluding hydrogens is 276 g/mol. The van der Waals surface area contributed by atoms with Crippen LogP contribution in [-0.4, -0.2) is 18.6 Å². The predicted octanol–water partition coefficient (Wildman–Crippen LogP) is 3.92. The van der Waals surface area contributed by atoms with E-state index >= 15 is 0 Å². The molecule has 0 radical (unpaired) electrons. The lowest BCUT2D eigenvalue weighted by Gasteiger charge is -2.07. The van der Waals surface area contributed by atoms with Crippen molar-refractivity contribution in [3.05, 3.63) is 39.2 Å². The van der Waals surface area contributed by atoms with E-state index in [1.54, 1.807) is 11.3 Å². The van der Waals surface area contributed by atoms with E-state index in [9.17, 15) is 0 Å². The number of aromatic nitrogens is 1. The third-order valence-corrected chi connectivity index (χ3v) is 4.17. The third kappa shape index (κ3) is 3.78. The zero-order valence-corrected chi connectivity index (χ0v) is 13.5. The highest BCUT2D eigenvalue weighted by molar-refractivity contribution is 7.09. The number of thiazole rings is 1. The summed E-state index contributed by atoms with van der Waals surface area (Å²) >= 11 is 1.75. The van der Waals surface area contributed by atoms with E-state index < -0.39 is 0 Å². The van der Waals surface area contributed by atoms with Crippen molar-refractivity contribution in [2.24, 2.45) is 0 Å². The first kappa shape index (κ1) is 16.2. The number of aryl methyl sites for hydroxylation is 3. The molecule has 0 spiro atoms. The van der Waals surface area contributed by atoms with Gasteiger partial charge in [0.2, 0.25) is 0 Å². The number of nitrogens with one attached hydrogen (secondary N) is 1. The van der Waals surface area contributed by atoms with Crippen LogP contribution in [0.3, 0.4) is 0 Å². The highest BCUT2D eigenvalue weighted by Gasteiger charge is 2.08. The molecule has 2 rings (SSSR count). The molecular formula is C15H21ClN2S. The van der Waals surface area contributed by atoms with Crippen LogP contribution >= 0.6 is 23.7 Å². The van der Waals surface area contributed by atoms with Crippen LogP contribution in [0, 0.1) is 20.8 Å². The van der Waals surface area contributed by atoms with E-state index in [1.807, 2.05) is 7.05 Å². The average molecular weight is 297 g/mol. The van der Waals surface area contributed by atoms with Crippen molar-refractivity contribution < 1.29 is 0 Å². The summed E-state index contributed by atoms with van der Waals surface area (Å²) in [5, 5.41) is 6.53. The van der Waals surface area contributed by atoms with Gasteiger partial charge in [-0.2, -0.15) is 0 Å². The summed E-state index contributed by atoms with van der Waals surface area (Å²) in [4.78, 5) is 4.73. The van der Waals surface area contributed by atoms with Gasteiger partial charge in [-0.1, -0.05) is 6.07 Å². The number of hydrogen-bond acceptors (Lipinski definition) is 3. The Hall–Kier alpha value is -0.900. The average Bonchev–Trinajstić information content (AvgIpc) is 2.79. The minimum Gasteiger partial charge on any atom is -0.319 e. The van der Waals surface area contributed by atoms with Crippen molar-refractivity contribution in [3.63, 3.8) is 0 Å². The topological polar surface area (TPSA) is 24.9 Å². The highest BCUT2D eigenvalue weighted by atomic mass is 35.5. The molecule has 0 unspecified atom stereocenters. The molecule has 0 bridgehead atoms. The van der Waals surface area contributed by atoms with E-state index in [-0.39, 0.29) is 12.4 Å². The summed E-state index contributed by atoms with van der Waals surface area (Å²) in [6, 6.07) is 4.50. The Kier molecular flexibility index (Phi) is 5.98. The Balaban J connectivity index is 0.00000180. The largest absolute Gasteiger partial charge is 0.319 e. The van der Waals surface area contributed by atoms with E-state index in [2.05, 4.69) is 43.6 Å². The lowest BCUT2D eigenvalue weighted by atomic mass is 9.99. The summed E-state index contributed by atoms with van der Waals surface area (Å²) in [6.07, 6.45) is 1.01. The van der Waals surface area contributed by atoms with Crippen molar-refractivity contribution in [2.75, 3.05) is 13.6 Å². The van der Waals surface area contributed by atoms with Crippen molar-refractivity contribution in [2.45, 2.75) is 27.2 Å². The molecule has 0 atom stereocenters. The normalized spacial score (nSPS) is 10.3. The van der Waals surface area contributed by atoms with Crippen LogP contribution in [0.5, 0.6) is 0 Å². The van der Waals surface area contributed by atoms with Crippen LogP contribution in [0.1, 0.15) is 21.7 Å². The van der Waals surface area contributed by atoms with Gasteiger partial charge in [-0.3, -0.25) is 0 Å². The van der Waals surface area contributed by atoms with Gasteiger partial charge in [0.1, 0.15) is 0 Å². The van der Waals surface area contributed by atoms with Gasteiger partial charge >= 0.3 is 0 Å². The third-order valence-electron chi connectivity index (χ3n) is 3.26. The summed E-state index contributed by atoms with van der Waals surface area (Å²) in [7, 11) is 1.97. The number of likely N-dealkylation sites (N-methyl/N-ethyl adjacent to an activating group) is 1. The summed E-state index contributed by atoms with van der Waals surface area (Å²) in [6.45, 7) is 7.46. The van der Waals surface area contributed by atoms with Crippen LogP contribution < -0.4 is 5.32 Å². The van der Waals surface area contributed by atoms with Gasteiger partial charge in [-0.15, -0.1) is 23.7 Å². The second-order valence-corrected chi connectivity index (χ2v) is 5.67. The molecule has 0 saturated heterocycles. The van der Waals surface area contributed by atoms with Gasteiger partial charge in [0.15, 0.2) is 0 Å². The molecule has 104 valence electrons. The number of benzene rings is 1. The molecule has 1 heterocycles. The number of hydrogen-bond donors (Lipinski definition) is 1. The second kappa shape index (κ2) is 7.04. The summed E-state index contributed by atoms with van der Waals surface area (Å²) in [5.41, 5.74) is 6.38. The second-order valence-electron chi connectivity index (χ2n) is 4.73. The Morgan fingerprint density at radius 2 is 1.79 bits per heavy atom. The molecule has 0 amide bonds. The van der Waals surface area contributed by atoms with Gasteiger partial charge < -0.3 is 5.32 Å². The molecule has 2 nitrogen and oxygen atoms in total. The lowest BCUT2D eigenvalue weighted by molar-refractivity contribution is 0.788. The van der Waals surface area contributed by atoms with Crippen LogP contribution in [0.25, 0.3) is 11.3 Å². The zero-order chi connectivity index (χ0) is 13.1. The Morgan fingerprint density at radius 3 is 2.47 bits per heavy atom. The van der Waals surface area contributed by atoms with E-state index in [0.29, 0.717) is 0 Å². The Morgan fingerprint density at radius 1 is 1.11 bits per heavy atom. The highest BCUT2D eigenvalue weighted by Crippen LogP contribution is 2.27. The molecule has 1 N–H and O–H groups in total. The van der Waals surface area contributed by atoms with Gasteiger partial charge in [-0.05, 0) is 50.6 Å². The maximum Gasteiger partial charge on any atom is 0.0945 e. The molecule has 0 aliphatic carbocycles. The first-order valence-electron chi connectivity index (χ1n) is 6.29. The quantitative estimate of drug-likeness (QED) is 0.925.